The van der Waals surface area contributed by atoms with Gasteiger partial charge in [0.1, 0.15) is 24.5 Å². The average Bonchev–Trinajstić information content (AvgIpc) is 3.19. The van der Waals surface area contributed by atoms with Gasteiger partial charge in [0.2, 0.25) is 0 Å². The molecular weight excluding hydrogens is 270 g/mol. The fourth-order valence-corrected chi connectivity index (χ4v) is 3.46. The van der Waals surface area contributed by atoms with Crippen LogP contribution in [-0.4, -0.2) is 18.9 Å². The molecule has 1 aromatic rings. The molecule has 21 heavy (non-hydrogen) atoms. The summed E-state index contributed by atoms with van der Waals surface area (Å²) in [5, 5.41) is 6.36. The molecule has 3 atom stereocenters. The molecule has 0 saturated carbocycles. The molecule has 0 aromatic heterocycles. The minimum Gasteiger partial charge on any atom is -0.447 e. The smallest absolute Gasteiger partial charge is 0.408 e. The lowest BCUT2D eigenvalue weighted by Gasteiger charge is -2.22. The third-order valence-electron chi connectivity index (χ3n) is 4.64. The van der Waals surface area contributed by atoms with Crippen LogP contribution in [0.5, 0.6) is 0 Å². The number of benzene rings is 1. The summed E-state index contributed by atoms with van der Waals surface area (Å²) in [4.78, 5) is 16.8. The number of amides is 1. The molecule has 2 saturated heterocycles. The second-order valence-electron chi connectivity index (χ2n) is 5.93. The Morgan fingerprint density at radius 3 is 3.05 bits per heavy atom. The average molecular weight is 289 g/mol. The number of hydrogen-bond acceptors (Lipinski definition) is 5. The molecule has 6 nitrogen and oxygen atoms in total. The number of alkyl carbamates (subject to hydrolysis) is 1. The van der Waals surface area contributed by atoms with E-state index in [1.807, 2.05) is 0 Å². The van der Waals surface area contributed by atoms with Gasteiger partial charge in [-0.2, -0.15) is 5.48 Å². The Bertz CT molecular complexity index is 592. The second kappa shape index (κ2) is 4.69. The maximum absolute atomic E-state index is 11.4. The first-order valence-electron chi connectivity index (χ1n) is 7.46. The Morgan fingerprint density at radius 2 is 2.33 bits per heavy atom. The number of rotatable bonds is 2. The Labute approximate surface area is 123 Å². The molecule has 0 bridgehead atoms. The monoisotopic (exact) mass is 289 g/mol. The summed E-state index contributed by atoms with van der Waals surface area (Å²) in [7, 11) is 0. The Hall–Kier alpha value is -1.63. The summed E-state index contributed by atoms with van der Waals surface area (Å²) < 4.78 is 5.11. The molecule has 6 heteroatoms. The summed E-state index contributed by atoms with van der Waals surface area (Å²) in [6, 6.07) is 6.39. The molecule has 2 fully saturated rings. The van der Waals surface area contributed by atoms with Crippen LogP contribution in [0.2, 0.25) is 0 Å². The van der Waals surface area contributed by atoms with Gasteiger partial charge in [0.25, 0.3) is 0 Å². The first-order chi connectivity index (χ1) is 10.2. The van der Waals surface area contributed by atoms with Gasteiger partial charge in [-0.15, -0.1) is 0 Å². The standard InChI is InChI=1S/C15H19N3O3/c1-2-12-16-13(18-21-12)10-3-4-11-9(7-10)5-6-15(11)8-20-14(19)17-15/h3-4,7,12-13,16,18H,2,5-6,8H2,1H3,(H,17,19)/t12?,13?,15-/m1/s1. The highest BCUT2D eigenvalue weighted by Gasteiger charge is 2.45. The largest absolute Gasteiger partial charge is 0.447 e. The van der Waals surface area contributed by atoms with Crippen molar-refractivity contribution in [1.82, 2.24) is 16.1 Å². The van der Waals surface area contributed by atoms with Crippen molar-refractivity contribution in [3.63, 3.8) is 0 Å². The highest BCUT2D eigenvalue weighted by Crippen LogP contribution is 2.40. The van der Waals surface area contributed by atoms with Crippen molar-refractivity contribution in [2.24, 2.45) is 0 Å². The molecule has 1 aromatic carbocycles. The van der Waals surface area contributed by atoms with Crippen molar-refractivity contribution in [3.8, 4) is 0 Å². The maximum atomic E-state index is 11.4. The van der Waals surface area contributed by atoms with Crippen molar-refractivity contribution in [2.45, 2.75) is 44.1 Å². The van der Waals surface area contributed by atoms with Gasteiger partial charge in [-0.1, -0.05) is 25.1 Å². The van der Waals surface area contributed by atoms with Gasteiger partial charge in [-0.3, -0.25) is 10.2 Å². The Balaban J connectivity index is 1.60. The number of aryl methyl sites for hydroxylation is 1. The first kappa shape index (κ1) is 13.1. The van der Waals surface area contributed by atoms with E-state index in [-0.39, 0.29) is 24.0 Å². The first-order valence-corrected chi connectivity index (χ1v) is 7.46. The van der Waals surface area contributed by atoms with Gasteiger partial charge in [0, 0.05) is 0 Å². The molecular formula is C15H19N3O3. The molecule has 1 amide bonds. The molecule has 4 rings (SSSR count). The quantitative estimate of drug-likeness (QED) is 0.768. The van der Waals surface area contributed by atoms with Crippen LogP contribution in [0.1, 0.15) is 42.6 Å². The lowest BCUT2D eigenvalue weighted by Crippen LogP contribution is -2.38. The normalized spacial score (nSPS) is 34.0. The predicted octanol–water partition coefficient (Wildman–Crippen LogP) is 1.43. The molecule has 2 unspecified atom stereocenters. The number of carbonyl (C=O) groups is 1. The number of carbonyl (C=O) groups excluding carboxylic acids is 1. The van der Waals surface area contributed by atoms with Crippen molar-refractivity contribution in [1.29, 1.82) is 0 Å². The molecule has 1 spiro atoms. The van der Waals surface area contributed by atoms with Crippen molar-refractivity contribution >= 4 is 6.09 Å². The zero-order valence-electron chi connectivity index (χ0n) is 11.9. The number of nitrogens with one attached hydrogen (secondary N) is 3. The molecule has 2 aliphatic heterocycles. The Kier molecular flexibility index (Phi) is 2.92. The van der Waals surface area contributed by atoms with E-state index < -0.39 is 0 Å². The summed E-state index contributed by atoms with van der Waals surface area (Å²) >= 11 is 0. The lowest BCUT2D eigenvalue weighted by atomic mass is 9.92. The molecule has 0 radical (unpaired) electrons. The van der Waals surface area contributed by atoms with Crippen LogP contribution in [0.4, 0.5) is 4.79 Å². The maximum Gasteiger partial charge on any atom is 0.408 e. The van der Waals surface area contributed by atoms with Crippen LogP contribution in [0.25, 0.3) is 0 Å². The highest BCUT2D eigenvalue weighted by molar-refractivity contribution is 5.72. The van der Waals surface area contributed by atoms with Crippen LogP contribution >= 0.6 is 0 Å². The summed E-state index contributed by atoms with van der Waals surface area (Å²) in [6.45, 7) is 2.51. The minimum atomic E-state index is -0.316. The third-order valence-corrected chi connectivity index (χ3v) is 4.64. The van der Waals surface area contributed by atoms with Gasteiger partial charge in [0.15, 0.2) is 0 Å². The molecule has 1 aliphatic carbocycles. The van der Waals surface area contributed by atoms with Crippen molar-refractivity contribution in [2.75, 3.05) is 6.61 Å². The van der Waals surface area contributed by atoms with Crippen molar-refractivity contribution < 1.29 is 14.4 Å². The van der Waals surface area contributed by atoms with E-state index in [0.717, 1.165) is 24.8 Å². The second-order valence-corrected chi connectivity index (χ2v) is 5.93. The molecule has 2 heterocycles. The van der Waals surface area contributed by atoms with Gasteiger partial charge in [0.05, 0.1) is 0 Å². The van der Waals surface area contributed by atoms with E-state index in [9.17, 15) is 4.79 Å². The fourth-order valence-electron chi connectivity index (χ4n) is 3.46. The number of fused-ring (bicyclic) bond motifs is 2. The zero-order chi connectivity index (χ0) is 14.4. The van der Waals surface area contributed by atoms with Crippen LogP contribution < -0.4 is 16.1 Å². The van der Waals surface area contributed by atoms with E-state index in [4.69, 9.17) is 9.57 Å². The van der Waals surface area contributed by atoms with Gasteiger partial charge >= 0.3 is 6.09 Å². The lowest BCUT2D eigenvalue weighted by molar-refractivity contribution is 0.0207. The van der Waals surface area contributed by atoms with Gasteiger partial charge < -0.3 is 10.1 Å². The predicted molar refractivity (Wildman–Crippen MR) is 75.1 cm³/mol. The van der Waals surface area contributed by atoms with Crippen molar-refractivity contribution in [3.05, 3.63) is 34.9 Å². The van der Waals surface area contributed by atoms with E-state index in [1.54, 1.807) is 0 Å². The minimum absolute atomic E-state index is 0.0196. The van der Waals surface area contributed by atoms with E-state index in [0.29, 0.717) is 6.61 Å². The van der Waals surface area contributed by atoms with Crippen LogP contribution in [0.15, 0.2) is 18.2 Å². The van der Waals surface area contributed by atoms with Crippen LogP contribution in [0.3, 0.4) is 0 Å². The number of hydrogen-bond donors (Lipinski definition) is 3. The number of cyclic esters (lactones) is 1. The molecule has 3 N–H and O–H groups in total. The van der Waals surface area contributed by atoms with Gasteiger partial charge in [-0.05, 0) is 36.0 Å². The number of hydroxylamine groups is 1. The highest BCUT2D eigenvalue weighted by atomic mass is 16.7. The van der Waals surface area contributed by atoms with Crippen LogP contribution in [-0.2, 0) is 21.5 Å². The molecule has 112 valence electrons. The van der Waals surface area contributed by atoms with Crippen LogP contribution in [0, 0.1) is 0 Å². The third kappa shape index (κ3) is 2.02. The van der Waals surface area contributed by atoms with Gasteiger partial charge in [-0.25, -0.2) is 4.79 Å². The summed E-state index contributed by atoms with van der Waals surface area (Å²) in [5.74, 6) is 0. The summed E-state index contributed by atoms with van der Waals surface area (Å²) in [6.07, 6.45) is 2.53. The van der Waals surface area contributed by atoms with E-state index in [2.05, 4.69) is 41.2 Å². The SMILES string of the molecule is CCC1NC(c2ccc3c(c2)CC[C@@]32COC(=O)N2)NO1. The topological polar surface area (TPSA) is 71.6 Å². The summed E-state index contributed by atoms with van der Waals surface area (Å²) in [5.41, 5.74) is 6.33. The zero-order valence-corrected chi connectivity index (χ0v) is 11.9. The molecule has 3 aliphatic rings. The fraction of sp³-hybridized carbons (Fsp3) is 0.533. The Morgan fingerprint density at radius 1 is 1.43 bits per heavy atom. The number of ether oxygens (including phenoxy) is 1. The van der Waals surface area contributed by atoms with E-state index >= 15 is 0 Å². The van der Waals surface area contributed by atoms with E-state index in [1.165, 1.54) is 11.1 Å².